The Bertz CT molecular complexity index is 252. The molecule has 0 aliphatic heterocycles. The molecule has 0 aromatic carbocycles. The minimum atomic E-state index is -2.83. The molecule has 0 amide bonds. The third-order valence-corrected chi connectivity index (χ3v) is 5.04. The quantitative estimate of drug-likeness (QED) is 0.715. The highest BCUT2D eigenvalue weighted by Gasteiger charge is 2.16. The molecule has 0 aromatic rings. The topological polar surface area (TPSA) is 60.2 Å². The molecule has 0 fully saturated rings. The van der Waals surface area contributed by atoms with E-state index in [1.165, 1.54) is 6.26 Å². The third kappa shape index (κ3) is 8.11. The van der Waals surface area contributed by atoms with Crippen LogP contribution in [0.25, 0.3) is 0 Å². The summed E-state index contributed by atoms with van der Waals surface area (Å²) in [4.78, 5) is 0. The lowest BCUT2D eigenvalue weighted by atomic mass is 10.1. The smallest absolute Gasteiger partial charge is 0.148 e. The van der Waals surface area contributed by atoms with Crippen LogP contribution in [0.2, 0.25) is 0 Å². The summed E-state index contributed by atoms with van der Waals surface area (Å²) in [5.74, 6) is 0.918. The monoisotopic (exact) mass is 253 g/mol. The summed E-state index contributed by atoms with van der Waals surface area (Å²) >= 11 is 1.69. The first kappa shape index (κ1) is 15.3. The van der Waals surface area contributed by atoms with Gasteiger partial charge in [0.1, 0.15) is 9.84 Å². The molecule has 5 heteroatoms. The number of rotatable bonds is 8. The average molecular weight is 253 g/mol. The van der Waals surface area contributed by atoms with Crippen LogP contribution < -0.4 is 5.73 Å². The van der Waals surface area contributed by atoms with E-state index in [1.807, 2.05) is 0 Å². The first-order valence-corrected chi connectivity index (χ1v) is 8.56. The van der Waals surface area contributed by atoms with Gasteiger partial charge in [0.25, 0.3) is 0 Å². The van der Waals surface area contributed by atoms with E-state index in [9.17, 15) is 8.42 Å². The molecular formula is C10H23NO2S2. The van der Waals surface area contributed by atoms with Gasteiger partial charge in [0.05, 0.1) is 5.75 Å². The molecule has 3 nitrogen and oxygen atoms in total. The van der Waals surface area contributed by atoms with Crippen molar-refractivity contribution in [2.24, 2.45) is 5.73 Å². The molecule has 2 unspecified atom stereocenters. The molecular weight excluding hydrogens is 230 g/mol. The first-order valence-electron chi connectivity index (χ1n) is 5.45. The van der Waals surface area contributed by atoms with Gasteiger partial charge in [-0.05, 0) is 12.8 Å². The molecule has 0 rings (SSSR count). The molecule has 2 atom stereocenters. The molecule has 0 saturated heterocycles. The summed E-state index contributed by atoms with van der Waals surface area (Å²) < 4.78 is 21.9. The Labute approximate surface area is 98.1 Å². The third-order valence-electron chi connectivity index (χ3n) is 2.29. The summed E-state index contributed by atoms with van der Waals surface area (Å²) in [6, 6.07) is 0.199. The maximum atomic E-state index is 11.0. The van der Waals surface area contributed by atoms with Gasteiger partial charge in [-0.3, -0.25) is 0 Å². The molecule has 92 valence electrons. The summed E-state index contributed by atoms with van der Waals surface area (Å²) in [6.07, 6.45) is 4.39. The fourth-order valence-corrected chi connectivity index (χ4v) is 3.93. The van der Waals surface area contributed by atoms with E-state index in [1.54, 1.807) is 11.8 Å². The highest BCUT2D eigenvalue weighted by atomic mass is 32.2. The first-order chi connectivity index (χ1) is 6.90. The van der Waals surface area contributed by atoms with Gasteiger partial charge in [0.15, 0.2) is 0 Å². The zero-order valence-corrected chi connectivity index (χ0v) is 11.5. The second-order valence-electron chi connectivity index (χ2n) is 3.90. The maximum Gasteiger partial charge on any atom is 0.148 e. The molecule has 0 aliphatic carbocycles. The molecule has 0 aromatic heterocycles. The van der Waals surface area contributed by atoms with Gasteiger partial charge < -0.3 is 5.73 Å². The molecule has 0 spiro atoms. The van der Waals surface area contributed by atoms with Crippen LogP contribution in [0.4, 0.5) is 0 Å². The summed E-state index contributed by atoms with van der Waals surface area (Å²) in [7, 11) is -2.83. The number of hydrogen-bond donors (Lipinski definition) is 1. The van der Waals surface area contributed by atoms with Gasteiger partial charge in [0.2, 0.25) is 0 Å². The van der Waals surface area contributed by atoms with Gasteiger partial charge in [0, 0.05) is 23.3 Å². The standard InChI is InChI=1S/C10H23NO2S2/c1-4-6-9(11)10(5-2)14-7-8-15(3,12)13/h9-10H,4-8,11H2,1-3H3. The Kier molecular flexibility index (Phi) is 7.65. The molecule has 0 saturated carbocycles. The molecule has 2 N–H and O–H groups in total. The van der Waals surface area contributed by atoms with Crippen LogP contribution in [0.1, 0.15) is 33.1 Å². The van der Waals surface area contributed by atoms with Crippen molar-refractivity contribution >= 4 is 21.6 Å². The van der Waals surface area contributed by atoms with E-state index in [4.69, 9.17) is 5.73 Å². The van der Waals surface area contributed by atoms with Crippen molar-refractivity contribution in [1.82, 2.24) is 0 Å². The predicted octanol–water partition coefficient (Wildman–Crippen LogP) is 1.67. The second kappa shape index (κ2) is 7.52. The molecule has 0 bridgehead atoms. The molecule has 0 radical (unpaired) electrons. The van der Waals surface area contributed by atoms with Gasteiger partial charge in [-0.25, -0.2) is 8.42 Å². The Morgan fingerprint density at radius 1 is 1.33 bits per heavy atom. The summed E-state index contributed by atoms with van der Waals surface area (Å²) in [5.41, 5.74) is 6.02. The fraction of sp³-hybridized carbons (Fsp3) is 1.00. The fourth-order valence-electron chi connectivity index (χ4n) is 1.41. The minimum absolute atomic E-state index is 0.199. The minimum Gasteiger partial charge on any atom is -0.327 e. The average Bonchev–Trinajstić information content (AvgIpc) is 2.11. The highest BCUT2D eigenvalue weighted by Crippen LogP contribution is 2.19. The van der Waals surface area contributed by atoms with Gasteiger partial charge in [-0.15, -0.1) is 0 Å². The zero-order valence-electron chi connectivity index (χ0n) is 9.90. The maximum absolute atomic E-state index is 11.0. The van der Waals surface area contributed by atoms with E-state index >= 15 is 0 Å². The summed E-state index contributed by atoms with van der Waals surface area (Å²) in [6.45, 7) is 4.22. The second-order valence-corrected chi connectivity index (χ2v) is 7.51. The normalized spacial score (nSPS) is 16.3. The van der Waals surface area contributed by atoms with Gasteiger partial charge in [-0.2, -0.15) is 11.8 Å². The zero-order chi connectivity index (χ0) is 11.9. The number of nitrogens with two attached hydrogens (primary N) is 1. The number of hydrogen-bond acceptors (Lipinski definition) is 4. The molecule has 15 heavy (non-hydrogen) atoms. The predicted molar refractivity (Wildman–Crippen MR) is 69.1 cm³/mol. The number of thioether (sulfide) groups is 1. The Morgan fingerprint density at radius 2 is 1.93 bits per heavy atom. The molecule has 0 aliphatic rings. The van der Waals surface area contributed by atoms with Gasteiger partial charge in [-0.1, -0.05) is 20.3 Å². The van der Waals surface area contributed by atoms with E-state index in [-0.39, 0.29) is 11.8 Å². The van der Waals surface area contributed by atoms with Crippen LogP contribution in [0.5, 0.6) is 0 Å². The Hall–Kier alpha value is 0.260. The van der Waals surface area contributed by atoms with Crippen molar-refractivity contribution < 1.29 is 8.42 Å². The largest absolute Gasteiger partial charge is 0.327 e. The van der Waals surface area contributed by atoms with E-state index in [0.717, 1.165) is 19.3 Å². The van der Waals surface area contributed by atoms with Crippen LogP contribution in [0.3, 0.4) is 0 Å². The van der Waals surface area contributed by atoms with Crippen molar-refractivity contribution in [2.75, 3.05) is 17.8 Å². The van der Waals surface area contributed by atoms with Crippen molar-refractivity contribution in [3.05, 3.63) is 0 Å². The Morgan fingerprint density at radius 3 is 2.33 bits per heavy atom. The van der Waals surface area contributed by atoms with E-state index in [0.29, 0.717) is 11.0 Å². The van der Waals surface area contributed by atoms with E-state index in [2.05, 4.69) is 13.8 Å². The van der Waals surface area contributed by atoms with Crippen LogP contribution in [0, 0.1) is 0 Å². The van der Waals surface area contributed by atoms with Crippen molar-refractivity contribution in [2.45, 2.75) is 44.4 Å². The van der Waals surface area contributed by atoms with Crippen molar-refractivity contribution in [3.8, 4) is 0 Å². The van der Waals surface area contributed by atoms with Crippen molar-refractivity contribution in [3.63, 3.8) is 0 Å². The van der Waals surface area contributed by atoms with Crippen LogP contribution in [0.15, 0.2) is 0 Å². The lowest BCUT2D eigenvalue weighted by molar-refractivity contribution is 0.566. The van der Waals surface area contributed by atoms with Crippen LogP contribution >= 0.6 is 11.8 Å². The lowest BCUT2D eigenvalue weighted by Gasteiger charge is -2.21. The van der Waals surface area contributed by atoms with Crippen LogP contribution in [-0.4, -0.2) is 37.5 Å². The highest BCUT2D eigenvalue weighted by molar-refractivity contribution is 8.01. The van der Waals surface area contributed by atoms with E-state index < -0.39 is 9.84 Å². The summed E-state index contributed by atoms with van der Waals surface area (Å²) in [5, 5.41) is 0.395. The number of sulfone groups is 1. The van der Waals surface area contributed by atoms with Crippen LogP contribution in [-0.2, 0) is 9.84 Å². The Balaban J connectivity index is 3.90. The molecule has 0 heterocycles. The van der Waals surface area contributed by atoms with Gasteiger partial charge >= 0.3 is 0 Å². The van der Waals surface area contributed by atoms with Crippen molar-refractivity contribution in [1.29, 1.82) is 0 Å². The lowest BCUT2D eigenvalue weighted by Crippen LogP contribution is -2.32. The SMILES string of the molecule is CCCC(N)C(CC)SCCS(C)(=O)=O.